The molecule has 2 aromatic carbocycles. The molecule has 7 nitrogen and oxygen atoms in total. The van der Waals surface area contributed by atoms with Crippen molar-refractivity contribution < 1.29 is 9.59 Å². The zero-order valence-corrected chi connectivity index (χ0v) is 19.8. The van der Waals surface area contributed by atoms with Crippen LogP contribution in [0, 0.1) is 0 Å². The number of carbonyl (C=O) groups is 2. The zero-order valence-electron chi connectivity index (χ0n) is 19.8. The molecule has 3 aromatic rings. The van der Waals surface area contributed by atoms with Crippen LogP contribution in [0.1, 0.15) is 45.4 Å². The van der Waals surface area contributed by atoms with Crippen molar-refractivity contribution in [3.63, 3.8) is 0 Å². The van der Waals surface area contributed by atoms with Gasteiger partial charge in [0.15, 0.2) is 0 Å². The highest BCUT2D eigenvalue weighted by atomic mass is 16.2. The minimum Gasteiger partial charge on any atom is -0.334 e. The van der Waals surface area contributed by atoms with Gasteiger partial charge >= 0.3 is 6.03 Å². The van der Waals surface area contributed by atoms with Gasteiger partial charge in [-0.1, -0.05) is 76.2 Å². The van der Waals surface area contributed by atoms with Gasteiger partial charge in [-0.3, -0.25) is 4.79 Å². The monoisotopic (exact) mass is 447 g/mol. The summed E-state index contributed by atoms with van der Waals surface area (Å²) in [6.07, 6.45) is 0.752. The van der Waals surface area contributed by atoms with Gasteiger partial charge in [0.05, 0.1) is 11.4 Å². The van der Waals surface area contributed by atoms with E-state index in [2.05, 4.69) is 31.4 Å². The molecule has 0 spiro atoms. The van der Waals surface area contributed by atoms with Gasteiger partial charge in [0.25, 0.3) is 0 Å². The number of urea groups is 1. The van der Waals surface area contributed by atoms with Crippen LogP contribution in [0.15, 0.2) is 66.7 Å². The molecule has 174 valence electrons. The van der Waals surface area contributed by atoms with E-state index in [0.29, 0.717) is 18.9 Å². The van der Waals surface area contributed by atoms with Crippen LogP contribution < -0.4 is 10.6 Å². The highest BCUT2D eigenvalue weighted by Gasteiger charge is 2.23. The first-order valence-electron chi connectivity index (χ1n) is 11.3. The number of nitrogens with zero attached hydrogens (tertiary/aromatic N) is 3. The number of carbonyl (C=O) groups excluding carboxylic acids is 2. The van der Waals surface area contributed by atoms with E-state index in [9.17, 15) is 9.59 Å². The molecule has 33 heavy (non-hydrogen) atoms. The average molecular weight is 448 g/mol. The second-order valence-corrected chi connectivity index (χ2v) is 9.03. The Morgan fingerprint density at radius 3 is 2.24 bits per heavy atom. The maximum absolute atomic E-state index is 12.9. The molecule has 0 bridgehead atoms. The first kappa shape index (κ1) is 24.0. The Bertz CT molecular complexity index is 1060. The Hall–Kier alpha value is -3.61. The Labute approximate surface area is 195 Å². The van der Waals surface area contributed by atoms with Gasteiger partial charge in [0.2, 0.25) is 5.91 Å². The molecule has 3 amide bonds. The third-order valence-electron chi connectivity index (χ3n) is 5.15. The summed E-state index contributed by atoms with van der Waals surface area (Å²) in [4.78, 5) is 27.2. The first-order valence-corrected chi connectivity index (χ1v) is 11.3. The third-order valence-corrected chi connectivity index (χ3v) is 5.15. The van der Waals surface area contributed by atoms with Crippen molar-refractivity contribution in [3.8, 4) is 5.69 Å². The summed E-state index contributed by atoms with van der Waals surface area (Å²) in [6, 6.07) is 21.0. The van der Waals surface area contributed by atoms with Gasteiger partial charge in [0, 0.05) is 24.6 Å². The molecule has 0 radical (unpaired) electrons. The van der Waals surface area contributed by atoms with Crippen molar-refractivity contribution in [1.82, 2.24) is 20.0 Å². The number of benzene rings is 2. The molecule has 0 saturated heterocycles. The molecule has 7 heteroatoms. The van der Waals surface area contributed by atoms with Crippen LogP contribution in [-0.4, -0.2) is 39.7 Å². The van der Waals surface area contributed by atoms with Crippen molar-refractivity contribution in [2.75, 3.05) is 18.4 Å². The maximum atomic E-state index is 12.9. The Kier molecular flexibility index (Phi) is 7.87. The van der Waals surface area contributed by atoms with Crippen molar-refractivity contribution >= 4 is 17.8 Å². The van der Waals surface area contributed by atoms with Crippen LogP contribution in [0.4, 0.5) is 10.6 Å². The van der Waals surface area contributed by atoms with Crippen molar-refractivity contribution in [1.29, 1.82) is 0 Å². The molecule has 3 rings (SSSR count). The highest BCUT2D eigenvalue weighted by Crippen LogP contribution is 2.26. The second-order valence-electron chi connectivity index (χ2n) is 9.03. The number of nitrogens with one attached hydrogen (secondary N) is 2. The lowest BCUT2D eigenvalue weighted by Crippen LogP contribution is -2.44. The van der Waals surface area contributed by atoms with Crippen LogP contribution in [0.3, 0.4) is 0 Å². The predicted octanol–water partition coefficient (Wildman–Crippen LogP) is 4.73. The summed E-state index contributed by atoms with van der Waals surface area (Å²) >= 11 is 0. The minimum absolute atomic E-state index is 0.0424. The highest BCUT2D eigenvalue weighted by molar-refractivity contribution is 5.94. The van der Waals surface area contributed by atoms with E-state index in [4.69, 9.17) is 5.10 Å². The average Bonchev–Trinajstić information content (AvgIpc) is 3.22. The van der Waals surface area contributed by atoms with Crippen molar-refractivity contribution in [2.24, 2.45) is 0 Å². The quantitative estimate of drug-likeness (QED) is 0.524. The summed E-state index contributed by atoms with van der Waals surface area (Å²) in [5.41, 5.74) is 2.56. The third kappa shape index (κ3) is 6.68. The van der Waals surface area contributed by atoms with Gasteiger partial charge in [-0.25, -0.2) is 9.48 Å². The summed E-state index contributed by atoms with van der Waals surface area (Å²) in [5.74, 6) is 0.313. The minimum atomic E-state index is -0.268. The number of amides is 3. The fourth-order valence-corrected chi connectivity index (χ4v) is 3.37. The molecule has 0 unspecified atom stereocenters. The number of anilines is 1. The van der Waals surface area contributed by atoms with E-state index in [0.717, 1.165) is 23.4 Å². The molecule has 0 saturated carbocycles. The SMILES string of the molecule is CCCN(CC(=O)Nc1cc(C(C)(C)C)nn1-c1ccccc1)C(=O)NCc1ccccc1. The van der Waals surface area contributed by atoms with E-state index in [-0.39, 0.29) is 23.9 Å². The summed E-state index contributed by atoms with van der Waals surface area (Å²) < 4.78 is 1.73. The molecule has 0 atom stereocenters. The van der Waals surface area contributed by atoms with E-state index < -0.39 is 0 Å². The van der Waals surface area contributed by atoms with Gasteiger partial charge in [-0.2, -0.15) is 5.10 Å². The number of hydrogen-bond donors (Lipinski definition) is 2. The van der Waals surface area contributed by atoms with Crippen LogP contribution in [0.5, 0.6) is 0 Å². The first-order chi connectivity index (χ1) is 15.8. The Balaban J connectivity index is 1.72. The molecule has 1 heterocycles. The molecule has 1 aromatic heterocycles. The van der Waals surface area contributed by atoms with Crippen LogP contribution in [-0.2, 0) is 16.8 Å². The predicted molar refractivity (Wildman–Crippen MR) is 131 cm³/mol. The van der Waals surface area contributed by atoms with Gasteiger partial charge in [-0.15, -0.1) is 0 Å². The fraction of sp³-hybridized carbons (Fsp3) is 0.346. The molecule has 2 N–H and O–H groups in total. The Morgan fingerprint density at radius 1 is 1.00 bits per heavy atom. The molecule has 0 fully saturated rings. The lowest BCUT2D eigenvalue weighted by atomic mass is 9.92. The zero-order chi connectivity index (χ0) is 23.8. The Morgan fingerprint density at radius 2 is 1.64 bits per heavy atom. The van der Waals surface area contributed by atoms with Gasteiger partial charge in [-0.05, 0) is 24.1 Å². The second kappa shape index (κ2) is 10.8. The summed E-state index contributed by atoms with van der Waals surface area (Å²) in [5, 5.41) is 10.6. The lowest BCUT2D eigenvalue weighted by molar-refractivity contribution is -0.116. The van der Waals surface area contributed by atoms with Crippen LogP contribution >= 0.6 is 0 Å². The smallest absolute Gasteiger partial charge is 0.318 e. The fourth-order valence-electron chi connectivity index (χ4n) is 3.37. The van der Waals surface area contributed by atoms with Gasteiger partial charge in [0.1, 0.15) is 12.4 Å². The van der Waals surface area contributed by atoms with E-state index in [1.165, 1.54) is 4.90 Å². The van der Waals surface area contributed by atoms with Crippen LogP contribution in [0.25, 0.3) is 5.69 Å². The van der Waals surface area contributed by atoms with Crippen molar-refractivity contribution in [2.45, 2.75) is 46.1 Å². The van der Waals surface area contributed by atoms with E-state index in [1.54, 1.807) is 4.68 Å². The number of aromatic nitrogens is 2. The number of para-hydroxylation sites is 1. The largest absolute Gasteiger partial charge is 0.334 e. The topological polar surface area (TPSA) is 79.3 Å². The normalized spacial score (nSPS) is 11.2. The molecule has 0 aliphatic rings. The molecular weight excluding hydrogens is 414 g/mol. The summed E-state index contributed by atoms with van der Waals surface area (Å²) in [7, 11) is 0. The molecule has 0 aliphatic carbocycles. The van der Waals surface area contributed by atoms with Crippen LogP contribution in [0.2, 0.25) is 0 Å². The molecular formula is C26H33N5O2. The summed E-state index contributed by atoms with van der Waals surface area (Å²) in [6.45, 7) is 9.08. The lowest BCUT2D eigenvalue weighted by Gasteiger charge is -2.22. The molecule has 0 aliphatic heterocycles. The number of rotatable bonds is 8. The van der Waals surface area contributed by atoms with Gasteiger partial charge < -0.3 is 15.5 Å². The standard InChI is InChI=1S/C26H33N5O2/c1-5-16-30(25(33)27-18-20-12-8-6-9-13-20)19-24(32)28-23-17-22(26(2,3)4)29-31(23)21-14-10-7-11-15-21/h6-15,17H,5,16,18-19H2,1-4H3,(H,27,33)(H,28,32). The van der Waals surface area contributed by atoms with E-state index >= 15 is 0 Å². The number of hydrogen-bond acceptors (Lipinski definition) is 3. The maximum Gasteiger partial charge on any atom is 0.318 e. The van der Waals surface area contributed by atoms with E-state index in [1.807, 2.05) is 73.7 Å². The van der Waals surface area contributed by atoms with Crippen molar-refractivity contribution in [3.05, 3.63) is 78.0 Å².